The normalized spacial score (nSPS) is 23.1. The Labute approximate surface area is 129 Å². The van der Waals surface area contributed by atoms with Gasteiger partial charge in [-0.15, -0.1) is 0 Å². The molecule has 0 radical (unpaired) electrons. The topological polar surface area (TPSA) is 41.1 Å². The molecule has 1 aliphatic carbocycles. The van der Waals surface area contributed by atoms with Crippen molar-refractivity contribution in [2.75, 3.05) is 11.9 Å². The number of hydrogen-bond donors (Lipinski definition) is 1. The van der Waals surface area contributed by atoms with Gasteiger partial charge in [-0.25, -0.2) is 4.98 Å². The number of nitrogens with zero attached hydrogens (tertiary/aromatic N) is 3. The molecule has 1 fully saturated rings. The van der Waals surface area contributed by atoms with E-state index in [0.29, 0.717) is 6.04 Å². The SMILES string of the molecule is CC1CCCCC1N(C)c1cnc(CNC(C)(C)C)cn1. The van der Waals surface area contributed by atoms with Gasteiger partial charge in [-0.2, -0.15) is 0 Å². The highest BCUT2D eigenvalue weighted by Gasteiger charge is 2.25. The standard InChI is InChI=1S/C17H30N4/c1-13-8-6-7-9-15(13)21(5)16-12-18-14(10-19-16)11-20-17(2,3)4/h10,12-13,15,20H,6-9,11H2,1-5H3. The average Bonchev–Trinajstić information content (AvgIpc) is 2.45. The highest BCUT2D eigenvalue weighted by atomic mass is 15.2. The fraction of sp³-hybridized carbons (Fsp3) is 0.765. The number of nitrogens with one attached hydrogen (secondary N) is 1. The van der Waals surface area contributed by atoms with E-state index in [-0.39, 0.29) is 5.54 Å². The molecule has 118 valence electrons. The summed E-state index contributed by atoms with van der Waals surface area (Å²) in [5, 5.41) is 3.44. The molecule has 1 aromatic heterocycles. The van der Waals surface area contributed by atoms with E-state index < -0.39 is 0 Å². The van der Waals surface area contributed by atoms with Crippen LogP contribution in [0.4, 0.5) is 5.82 Å². The minimum atomic E-state index is 0.106. The van der Waals surface area contributed by atoms with Crippen LogP contribution in [0.1, 0.15) is 59.1 Å². The fourth-order valence-electron chi connectivity index (χ4n) is 3.02. The van der Waals surface area contributed by atoms with E-state index in [4.69, 9.17) is 0 Å². The highest BCUT2D eigenvalue weighted by molar-refractivity contribution is 5.36. The van der Waals surface area contributed by atoms with Crippen LogP contribution in [0.2, 0.25) is 0 Å². The van der Waals surface area contributed by atoms with E-state index in [0.717, 1.165) is 24.0 Å². The molecule has 0 saturated heterocycles. The zero-order valence-electron chi connectivity index (χ0n) is 14.2. The summed E-state index contributed by atoms with van der Waals surface area (Å²) in [4.78, 5) is 11.5. The molecule has 2 atom stereocenters. The van der Waals surface area contributed by atoms with Crippen molar-refractivity contribution in [3.8, 4) is 0 Å². The Morgan fingerprint density at radius 1 is 1.19 bits per heavy atom. The van der Waals surface area contributed by atoms with Crippen molar-refractivity contribution in [3.05, 3.63) is 18.1 Å². The predicted octanol–water partition coefficient (Wildman–Crippen LogP) is 3.38. The molecule has 21 heavy (non-hydrogen) atoms. The van der Waals surface area contributed by atoms with Crippen LogP contribution < -0.4 is 10.2 Å². The first-order valence-electron chi connectivity index (χ1n) is 8.15. The first kappa shape index (κ1) is 16.2. The third kappa shape index (κ3) is 4.67. The molecule has 1 saturated carbocycles. The highest BCUT2D eigenvalue weighted by Crippen LogP contribution is 2.29. The van der Waals surface area contributed by atoms with Crippen LogP contribution in [0.15, 0.2) is 12.4 Å². The monoisotopic (exact) mass is 290 g/mol. The molecule has 1 aromatic rings. The first-order valence-corrected chi connectivity index (χ1v) is 8.15. The van der Waals surface area contributed by atoms with Crippen LogP contribution in [0.3, 0.4) is 0 Å². The van der Waals surface area contributed by atoms with Crippen LogP contribution >= 0.6 is 0 Å². The Hall–Kier alpha value is -1.16. The van der Waals surface area contributed by atoms with Gasteiger partial charge in [0.1, 0.15) is 5.82 Å². The zero-order chi connectivity index (χ0) is 15.5. The Kier molecular flexibility index (Phi) is 5.20. The van der Waals surface area contributed by atoms with Gasteiger partial charge in [-0.3, -0.25) is 4.98 Å². The zero-order valence-corrected chi connectivity index (χ0v) is 14.2. The lowest BCUT2D eigenvalue weighted by atomic mass is 9.85. The summed E-state index contributed by atoms with van der Waals surface area (Å²) in [6.45, 7) is 9.60. The molecular formula is C17H30N4. The van der Waals surface area contributed by atoms with Crippen LogP contribution in [-0.2, 0) is 6.54 Å². The van der Waals surface area contributed by atoms with E-state index >= 15 is 0 Å². The molecular weight excluding hydrogens is 260 g/mol. The molecule has 0 aliphatic heterocycles. The molecule has 1 aliphatic rings. The summed E-state index contributed by atoms with van der Waals surface area (Å²) in [6, 6.07) is 0.603. The molecule has 0 spiro atoms. The minimum Gasteiger partial charge on any atom is -0.355 e. The number of hydrogen-bond acceptors (Lipinski definition) is 4. The predicted molar refractivity (Wildman–Crippen MR) is 88.4 cm³/mol. The molecule has 1 heterocycles. The quantitative estimate of drug-likeness (QED) is 0.923. The van der Waals surface area contributed by atoms with Gasteiger partial charge < -0.3 is 10.2 Å². The molecule has 1 N–H and O–H groups in total. The van der Waals surface area contributed by atoms with Gasteiger partial charge in [0, 0.05) is 25.2 Å². The Morgan fingerprint density at radius 2 is 1.90 bits per heavy atom. The Bertz CT molecular complexity index is 435. The third-order valence-electron chi connectivity index (χ3n) is 4.42. The average molecular weight is 290 g/mol. The van der Waals surface area contributed by atoms with Crippen molar-refractivity contribution in [3.63, 3.8) is 0 Å². The van der Waals surface area contributed by atoms with Crippen molar-refractivity contribution in [1.29, 1.82) is 0 Å². The van der Waals surface area contributed by atoms with E-state index in [2.05, 4.69) is 54.9 Å². The van der Waals surface area contributed by atoms with Crippen molar-refractivity contribution >= 4 is 5.82 Å². The first-order chi connectivity index (χ1) is 9.87. The molecule has 0 bridgehead atoms. The molecule has 4 nitrogen and oxygen atoms in total. The lowest BCUT2D eigenvalue weighted by molar-refractivity contribution is 0.320. The van der Waals surface area contributed by atoms with Crippen molar-refractivity contribution in [2.45, 2.75) is 71.5 Å². The lowest BCUT2D eigenvalue weighted by Gasteiger charge is -2.36. The smallest absolute Gasteiger partial charge is 0.147 e. The van der Waals surface area contributed by atoms with Crippen LogP contribution in [0, 0.1) is 5.92 Å². The van der Waals surface area contributed by atoms with Crippen LogP contribution in [-0.4, -0.2) is 28.6 Å². The molecule has 0 aromatic carbocycles. The van der Waals surface area contributed by atoms with Crippen molar-refractivity contribution in [1.82, 2.24) is 15.3 Å². The van der Waals surface area contributed by atoms with Gasteiger partial charge in [0.2, 0.25) is 0 Å². The van der Waals surface area contributed by atoms with Gasteiger partial charge in [0.05, 0.1) is 18.1 Å². The second kappa shape index (κ2) is 6.73. The summed E-state index contributed by atoms with van der Waals surface area (Å²) in [5.41, 5.74) is 1.10. The molecule has 2 unspecified atom stereocenters. The molecule has 2 rings (SSSR count). The molecule has 4 heteroatoms. The maximum atomic E-state index is 4.61. The second-order valence-electron chi connectivity index (χ2n) is 7.41. The van der Waals surface area contributed by atoms with E-state index in [9.17, 15) is 0 Å². The summed E-state index contributed by atoms with van der Waals surface area (Å²) in [5.74, 6) is 1.74. The van der Waals surface area contributed by atoms with Gasteiger partial charge in [0.25, 0.3) is 0 Å². The minimum absolute atomic E-state index is 0.106. The van der Waals surface area contributed by atoms with Gasteiger partial charge in [0.15, 0.2) is 0 Å². The summed E-state index contributed by atoms with van der Waals surface area (Å²) in [7, 11) is 2.16. The summed E-state index contributed by atoms with van der Waals surface area (Å²) >= 11 is 0. The van der Waals surface area contributed by atoms with E-state index in [1.165, 1.54) is 25.7 Å². The third-order valence-corrected chi connectivity index (χ3v) is 4.42. The Morgan fingerprint density at radius 3 is 2.48 bits per heavy atom. The number of rotatable bonds is 4. The van der Waals surface area contributed by atoms with E-state index in [1.807, 2.05) is 12.4 Å². The number of aromatic nitrogens is 2. The second-order valence-corrected chi connectivity index (χ2v) is 7.41. The summed E-state index contributed by atoms with van der Waals surface area (Å²) < 4.78 is 0. The van der Waals surface area contributed by atoms with Crippen molar-refractivity contribution in [2.24, 2.45) is 5.92 Å². The van der Waals surface area contributed by atoms with Crippen LogP contribution in [0.5, 0.6) is 0 Å². The maximum Gasteiger partial charge on any atom is 0.147 e. The number of anilines is 1. The summed E-state index contributed by atoms with van der Waals surface area (Å²) in [6.07, 6.45) is 9.12. The van der Waals surface area contributed by atoms with Gasteiger partial charge in [-0.05, 0) is 39.5 Å². The fourth-order valence-corrected chi connectivity index (χ4v) is 3.02. The maximum absolute atomic E-state index is 4.61. The van der Waals surface area contributed by atoms with Gasteiger partial charge >= 0.3 is 0 Å². The largest absolute Gasteiger partial charge is 0.355 e. The Balaban J connectivity index is 1.97. The lowest BCUT2D eigenvalue weighted by Crippen LogP contribution is -2.39. The van der Waals surface area contributed by atoms with Crippen LogP contribution in [0.25, 0.3) is 0 Å². The van der Waals surface area contributed by atoms with Gasteiger partial charge in [-0.1, -0.05) is 19.8 Å². The van der Waals surface area contributed by atoms with Crippen molar-refractivity contribution < 1.29 is 0 Å². The van der Waals surface area contributed by atoms with E-state index in [1.54, 1.807) is 0 Å². The molecule has 0 amide bonds.